The Morgan fingerprint density at radius 2 is 2.00 bits per heavy atom. The van der Waals surface area contributed by atoms with Gasteiger partial charge in [-0.2, -0.15) is 0 Å². The molecule has 1 heterocycles. The molecule has 2 rings (SSSR count). The lowest BCUT2D eigenvalue weighted by molar-refractivity contribution is 0.191. The van der Waals surface area contributed by atoms with Gasteiger partial charge in [-0.3, -0.25) is 0 Å². The second kappa shape index (κ2) is 6.26. The number of nitrogens with two attached hydrogens (primary N) is 1. The van der Waals surface area contributed by atoms with Crippen LogP contribution in [0.1, 0.15) is 23.2 Å². The lowest BCUT2D eigenvalue weighted by atomic mass is 10.1. The maximum atomic E-state index is 10.0. The minimum atomic E-state index is -0.571. The highest BCUT2D eigenvalue weighted by atomic mass is 16.3. The maximum Gasteiger partial charge on any atom is 0.130 e. The fraction of sp³-hybridized carbons (Fsp3) is 0.286. The number of aliphatic hydroxyl groups excluding tert-OH is 1. The van der Waals surface area contributed by atoms with E-state index < -0.39 is 6.10 Å². The van der Waals surface area contributed by atoms with Crippen molar-refractivity contribution in [2.24, 2.45) is 5.73 Å². The standard InChI is InChI=1S/C14H18N4O/c1-10-17-12(8-15)7-14(18-10)16-9-13(19)11-5-3-2-4-6-11/h2-7,13,19H,8-9,15H2,1H3,(H,16,17,18)/t13-/m0/s1. The summed E-state index contributed by atoms with van der Waals surface area (Å²) in [6, 6.07) is 11.3. The molecule has 0 fully saturated rings. The van der Waals surface area contributed by atoms with Crippen LogP contribution in [0.25, 0.3) is 0 Å². The first-order valence-electron chi connectivity index (χ1n) is 6.20. The van der Waals surface area contributed by atoms with Crippen molar-refractivity contribution in [3.63, 3.8) is 0 Å². The van der Waals surface area contributed by atoms with E-state index in [1.165, 1.54) is 0 Å². The van der Waals surface area contributed by atoms with E-state index in [2.05, 4.69) is 15.3 Å². The molecule has 19 heavy (non-hydrogen) atoms. The second-order valence-corrected chi connectivity index (χ2v) is 4.30. The predicted octanol–water partition coefficient (Wildman–Crippen LogP) is 1.39. The molecule has 0 aliphatic rings. The third-order valence-electron chi connectivity index (χ3n) is 2.76. The Morgan fingerprint density at radius 3 is 2.68 bits per heavy atom. The van der Waals surface area contributed by atoms with Gasteiger partial charge in [-0.25, -0.2) is 9.97 Å². The zero-order chi connectivity index (χ0) is 13.7. The summed E-state index contributed by atoms with van der Waals surface area (Å²) in [5.41, 5.74) is 7.22. The highest BCUT2D eigenvalue weighted by Gasteiger charge is 2.07. The molecular weight excluding hydrogens is 240 g/mol. The Morgan fingerprint density at radius 1 is 1.26 bits per heavy atom. The number of aromatic nitrogens is 2. The van der Waals surface area contributed by atoms with Crippen molar-refractivity contribution in [3.8, 4) is 0 Å². The molecule has 5 nitrogen and oxygen atoms in total. The topological polar surface area (TPSA) is 84.1 Å². The van der Waals surface area contributed by atoms with Gasteiger partial charge >= 0.3 is 0 Å². The van der Waals surface area contributed by atoms with Crippen molar-refractivity contribution in [2.45, 2.75) is 19.6 Å². The lowest BCUT2D eigenvalue weighted by Crippen LogP contribution is -2.14. The first kappa shape index (κ1) is 13.5. The largest absolute Gasteiger partial charge is 0.387 e. The van der Waals surface area contributed by atoms with Gasteiger partial charge in [0.15, 0.2) is 0 Å². The lowest BCUT2D eigenvalue weighted by Gasteiger charge is -2.13. The fourth-order valence-corrected chi connectivity index (χ4v) is 1.82. The van der Waals surface area contributed by atoms with Crippen molar-refractivity contribution in [1.29, 1.82) is 0 Å². The van der Waals surface area contributed by atoms with E-state index in [9.17, 15) is 5.11 Å². The van der Waals surface area contributed by atoms with E-state index in [1.807, 2.05) is 37.3 Å². The fourth-order valence-electron chi connectivity index (χ4n) is 1.82. The minimum absolute atomic E-state index is 0.374. The van der Waals surface area contributed by atoms with Crippen molar-refractivity contribution in [1.82, 2.24) is 9.97 Å². The molecule has 0 spiro atoms. The number of hydrogen-bond donors (Lipinski definition) is 3. The zero-order valence-corrected chi connectivity index (χ0v) is 10.9. The highest BCUT2D eigenvalue weighted by Crippen LogP contribution is 2.13. The summed E-state index contributed by atoms with van der Waals surface area (Å²) in [4.78, 5) is 8.46. The Bertz CT molecular complexity index is 530. The van der Waals surface area contributed by atoms with Crippen molar-refractivity contribution < 1.29 is 5.11 Å². The summed E-state index contributed by atoms with van der Waals surface area (Å²) in [6.07, 6.45) is -0.571. The van der Waals surface area contributed by atoms with E-state index in [0.717, 1.165) is 11.3 Å². The molecule has 0 amide bonds. The van der Waals surface area contributed by atoms with Gasteiger partial charge in [0.2, 0.25) is 0 Å². The first-order chi connectivity index (χ1) is 9.19. The molecule has 2 aromatic rings. The van der Waals surface area contributed by atoms with Crippen LogP contribution in [-0.4, -0.2) is 21.6 Å². The summed E-state index contributed by atoms with van der Waals surface area (Å²) >= 11 is 0. The number of benzene rings is 1. The molecule has 4 N–H and O–H groups in total. The molecule has 0 aliphatic carbocycles. The summed E-state index contributed by atoms with van der Waals surface area (Å²) in [7, 11) is 0. The molecule has 1 aromatic heterocycles. The van der Waals surface area contributed by atoms with Crippen LogP contribution in [0.5, 0.6) is 0 Å². The number of rotatable bonds is 5. The molecule has 5 heteroatoms. The van der Waals surface area contributed by atoms with Gasteiger partial charge in [0.1, 0.15) is 11.6 Å². The van der Waals surface area contributed by atoms with E-state index in [0.29, 0.717) is 24.7 Å². The Labute approximate surface area is 112 Å². The molecule has 1 atom stereocenters. The van der Waals surface area contributed by atoms with Crippen LogP contribution in [-0.2, 0) is 6.54 Å². The maximum absolute atomic E-state index is 10.0. The summed E-state index contributed by atoms with van der Waals surface area (Å²) < 4.78 is 0. The molecule has 0 saturated heterocycles. The average molecular weight is 258 g/mol. The monoisotopic (exact) mass is 258 g/mol. The summed E-state index contributed by atoms with van der Waals surface area (Å²) in [5.74, 6) is 1.35. The molecule has 100 valence electrons. The van der Waals surface area contributed by atoms with E-state index in [-0.39, 0.29) is 0 Å². The van der Waals surface area contributed by atoms with Crippen molar-refractivity contribution >= 4 is 5.82 Å². The molecule has 0 saturated carbocycles. The van der Waals surface area contributed by atoms with Gasteiger partial charge in [-0.15, -0.1) is 0 Å². The predicted molar refractivity (Wildman–Crippen MR) is 74.6 cm³/mol. The number of nitrogens with zero attached hydrogens (tertiary/aromatic N) is 2. The number of anilines is 1. The van der Waals surface area contributed by atoms with Crippen LogP contribution >= 0.6 is 0 Å². The smallest absolute Gasteiger partial charge is 0.130 e. The van der Waals surface area contributed by atoms with Crippen LogP contribution in [0.2, 0.25) is 0 Å². The van der Waals surface area contributed by atoms with Crippen molar-refractivity contribution in [2.75, 3.05) is 11.9 Å². The quantitative estimate of drug-likeness (QED) is 0.754. The van der Waals surface area contributed by atoms with E-state index >= 15 is 0 Å². The van der Waals surface area contributed by atoms with Crippen LogP contribution in [0, 0.1) is 6.92 Å². The number of aryl methyl sites for hydroxylation is 1. The molecular formula is C14H18N4O. The Hall–Kier alpha value is -1.98. The van der Waals surface area contributed by atoms with E-state index in [1.54, 1.807) is 6.07 Å². The number of aliphatic hydroxyl groups is 1. The van der Waals surface area contributed by atoms with E-state index in [4.69, 9.17) is 5.73 Å². The molecule has 0 radical (unpaired) electrons. The first-order valence-corrected chi connectivity index (χ1v) is 6.20. The third-order valence-corrected chi connectivity index (χ3v) is 2.76. The highest BCUT2D eigenvalue weighted by molar-refractivity contribution is 5.36. The van der Waals surface area contributed by atoms with Crippen LogP contribution in [0.15, 0.2) is 36.4 Å². The average Bonchev–Trinajstić information content (AvgIpc) is 2.45. The van der Waals surface area contributed by atoms with Gasteiger partial charge in [0.25, 0.3) is 0 Å². The van der Waals surface area contributed by atoms with Gasteiger partial charge < -0.3 is 16.2 Å². The number of nitrogens with one attached hydrogen (secondary N) is 1. The molecule has 0 aliphatic heterocycles. The zero-order valence-electron chi connectivity index (χ0n) is 10.9. The van der Waals surface area contributed by atoms with Gasteiger partial charge in [-0.05, 0) is 12.5 Å². The van der Waals surface area contributed by atoms with Crippen LogP contribution in [0.4, 0.5) is 5.82 Å². The Balaban J connectivity index is 2.01. The minimum Gasteiger partial charge on any atom is -0.387 e. The normalized spacial score (nSPS) is 12.2. The third kappa shape index (κ3) is 3.74. The SMILES string of the molecule is Cc1nc(CN)cc(NC[C@H](O)c2ccccc2)n1. The van der Waals surface area contributed by atoms with Crippen molar-refractivity contribution in [3.05, 3.63) is 53.5 Å². The van der Waals surface area contributed by atoms with Crippen LogP contribution in [0.3, 0.4) is 0 Å². The molecule has 1 aromatic carbocycles. The summed E-state index contributed by atoms with van der Waals surface area (Å²) in [6.45, 7) is 2.59. The molecule has 0 bridgehead atoms. The van der Waals surface area contributed by atoms with Gasteiger partial charge in [0.05, 0.1) is 11.8 Å². The molecule has 0 unspecified atom stereocenters. The van der Waals surface area contributed by atoms with Crippen LogP contribution < -0.4 is 11.1 Å². The Kier molecular flexibility index (Phi) is 4.43. The summed E-state index contributed by atoms with van der Waals surface area (Å²) in [5, 5.41) is 13.1. The van der Waals surface area contributed by atoms with Gasteiger partial charge in [-0.1, -0.05) is 30.3 Å². The second-order valence-electron chi connectivity index (χ2n) is 4.30. The number of hydrogen-bond acceptors (Lipinski definition) is 5. The van der Waals surface area contributed by atoms with Gasteiger partial charge in [0, 0.05) is 19.2 Å².